The molecule has 8 heteroatoms. The van der Waals surface area contributed by atoms with Gasteiger partial charge in [0.25, 0.3) is 0 Å². The van der Waals surface area contributed by atoms with E-state index in [1.165, 1.54) is 0 Å². The number of hydrogen-bond acceptors (Lipinski definition) is 4. The maximum Gasteiger partial charge on any atom is 0.241 e. The van der Waals surface area contributed by atoms with Crippen LogP contribution < -0.4 is 14.9 Å². The van der Waals surface area contributed by atoms with E-state index in [0.717, 1.165) is 5.69 Å². The number of anilines is 1. The van der Waals surface area contributed by atoms with Crippen LogP contribution in [0.25, 0.3) is 0 Å². The smallest absolute Gasteiger partial charge is 0.241 e. The van der Waals surface area contributed by atoms with Gasteiger partial charge in [-0.05, 0) is 41.2 Å². The molecule has 0 saturated carbocycles. The quantitative estimate of drug-likeness (QED) is 0.742. The van der Waals surface area contributed by atoms with Gasteiger partial charge in [0.15, 0.2) is 0 Å². The molecule has 0 aromatic heterocycles. The zero-order chi connectivity index (χ0) is 13.8. The second kappa shape index (κ2) is 8.06. The normalized spacial score (nSPS) is 10.9. The van der Waals surface area contributed by atoms with Gasteiger partial charge < -0.3 is 10.2 Å². The molecule has 0 aliphatic carbocycles. The standard InChI is InChI=1S/C11H18BrN3O2S.ClH/c1-13-6-7-14-18(16,17)11-8-9(15(2)3)4-5-10(11)12;/h4-5,8,13-14H,6-7H2,1-3H3;1H. The molecule has 1 aromatic carbocycles. The number of sulfonamides is 1. The number of likely N-dealkylation sites (N-methyl/N-ethyl adjacent to an activating group) is 1. The average molecular weight is 373 g/mol. The van der Waals surface area contributed by atoms with Crippen LogP contribution in [0.3, 0.4) is 0 Å². The van der Waals surface area contributed by atoms with E-state index < -0.39 is 10.0 Å². The highest BCUT2D eigenvalue weighted by molar-refractivity contribution is 9.10. The first-order chi connectivity index (χ1) is 8.38. The summed E-state index contributed by atoms with van der Waals surface area (Å²) >= 11 is 3.27. The van der Waals surface area contributed by atoms with Gasteiger partial charge in [-0.15, -0.1) is 12.4 Å². The fraction of sp³-hybridized carbons (Fsp3) is 0.455. The van der Waals surface area contributed by atoms with Gasteiger partial charge in [0, 0.05) is 37.3 Å². The Morgan fingerprint density at radius 2 is 1.89 bits per heavy atom. The van der Waals surface area contributed by atoms with Crippen molar-refractivity contribution >= 4 is 44.0 Å². The molecule has 19 heavy (non-hydrogen) atoms. The van der Waals surface area contributed by atoms with E-state index in [0.29, 0.717) is 17.6 Å². The zero-order valence-electron chi connectivity index (χ0n) is 11.1. The fourth-order valence-electron chi connectivity index (χ4n) is 1.36. The number of rotatable bonds is 6. The minimum Gasteiger partial charge on any atom is -0.378 e. The van der Waals surface area contributed by atoms with Gasteiger partial charge in [-0.25, -0.2) is 13.1 Å². The van der Waals surface area contributed by atoms with E-state index in [1.807, 2.05) is 25.1 Å². The van der Waals surface area contributed by atoms with Gasteiger partial charge in [-0.3, -0.25) is 0 Å². The van der Waals surface area contributed by atoms with Crippen molar-refractivity contribution in [3.63, 3.8) is 0 Å². The molecule has 0 aliphatic rings. The highest BCUT2D eigenvalue weighted by Gasteiger charge is 2.17. The Hall–Kier alpha value is -0.340. The molecule has 0 atom stereocenters. The largest absolute Gasteiger partial charge is 0.378 e. The molecule has 0 amide bonds. The molecular weight excluding hydrogens is 354 g/mol. The van der Waals surface area contributed by atoms with Crippen LogP contribution in [-0.2, 0) is 10.0 Å². The Morgan fingerprint density at radius 1 is 1.26 bits per heavy atom. The monoisotopic (exact) mass is 371 g/mol. The lowest BCUT2D eigenvalue weighted by atomic mass is 10.3. The summed E-state index contributed by atoms with van der Waals surface area (Å²) in [7, 11) is 2.03. The van der Waals surface area contributed by atoms with Gasteiger partial charge in [0.05, 0.1) is 4.90 Å². The van der Waals surface area contributed by atoms with Crippen molar-refractivity contribution in [2.75, 3.05) is 39.1 Å². The summed E-state index contributed by atoms with van der Waals surface area (Å²) in [6, 6.07) is 5.24. The number of nitrogens with zero attached hydrogens (tertiary/aromatic N) is 1. The van der Waals surface area contributed by atoms with Crippen molar-refractivity contribution in [2.24, 2.45) is 0 Å². The molecule has 0 heterocycles. The molecule has 1 aromatic rings. The van der Waals surface area contributed by atoms with E-state index in [4.69, 9.17) is 0 Å². The minimum absolute atomic E-state index is 0. The number of hydrogen-bond donors (Lipinski definition) is 2. The average Bonchev–Trinajstić information content (AvgIpc) is 2.29. The number of benzene rings is 1. The highest BCUT2D eigenvalue weighted by atomic mass is 79.9. The van der Waals surface area contributed by atoms with Crippen LogP contribution in [0.4, 0.5) is 5.69 Å². The van der Waals surface area contributed by atoms with Crippen molar-refractivity contribution < 1.29 is 8.42 Å². The molecule has 0 fully saturated rings. The summed E-state index contributed by atoms with van der Waals surface area (Å²) in [6.45, 7) is 0.946. The molecule has 1 rings (SSSR count). The van der Waals surface area contributed by atoms with Crippen molar-refractivity contribution in [3.8, 4) is 0 Å². The molecular formula is C11H19BrClN3O2S. The van der Waals surface area contributed by atoms with E-state index in [1.54, 1.807) is 19.2 Å². The van der Waals surface area contributed by atoms with E-state index in [2.05, 4.69) is 26.0 Å². The lowest BCUT2D eigenvalue weighted by Gasteiger charge is -2.15. The molecule has 0 radical (unpaired) electrons. The zero-order valence-corrected chi connectivity index (χ0v) is 14.3. The second-order valence-electron chi connectivity index (χ2n) is 4.01. The third-order valence-corrected chi connectivity index (χ3v) is 4.84. The third-order valence-electron chi connectivity index (χ3n) is 2.39. The summed E-state index contributed by atoms with van der Waals surface area (Å²) in [6.07, 6.45) is 0. The lowest BCUT2D eigenvalue weighted by Crippen LogP contribution is -2.30. The van der Waals surface area contributed by atoms with E-state index >= 15 is 0 Å². The molecule has 2 N–H and O–H groups in total. The number of halogens is 2. The summed E-state index contributed by atoms with van der Waals surface area (Å²) in [5, 5.41) is 2.89. The van der Waals surface area contributed by atoms with Crippen LogP contribution in [0.2, 0.25) is 0 Å². The Labute approximate surface area is 129 Å². The molecule has 0 unspecified atom stereocenters. The molecule has 5 nitrogen and oxygen atoms in total. The summed E-state index contributed by atoms with van der Waals surface area (Å²) in [5.74, 6) is 0. The van der Waals surface area contributed by atoms with Crippen molar-refractivity contribution in [1.29, 1.82) is 0 Å². The van der Waals surface area contributed by atoms with Crippen LogP contribution in [-0.4, -0.2) is 42.7 Å². The molecule has 0 spiro atoms. The van der Waals surface area contributed by atoms with Crippen molar-refractivity contribution in [2.45, 2.75) is 4.90 Å². The predicted octanol–water partition coefficient (Wildman–Crippen LogP) is 1.43. The maximum atomic E-state index is 12.1. The SMILES string of the molecule is CNCCNS(=O)(=O)c1cc(N(C)C)ccc1Br.Cl. The summed E-state index contributed by atoms with van der Waals surface area (Å²) in [4.78, 5) is 2.11. The van der Waals surface area contributed by atoms with Crippen LogP contribution in [0.15, 0.2) is 27.6 Å². The maximum absolute atomic E-state index is 12.1. The van der Waals surface area contributed by atoms with Gasteiger partial charge in [0.2, 0.25) is 10.0 Å². The van der Waals surface area contributed by atoms with Crippen molar-refractivity contribution in [1.82, 2.24) is 10.0 Å². The van der Waals surface area contributed by atoms with Gasteiger partial charge in [-0.1, -0.05) is 0 Å². The summed E-state index contributed by atoms with van der Waals surface area (Å²) in [5.41, 5.74) is 0.840. The lowest BCUT2D eigenvalue weighted by molar-refractivity contribution is 0.579. The van der Waals surface area contributed by atoms with Crippen LogP contribution in [0.1, 0.15) is 0 Å². The molecule has 0 bridgehead atoms. The first kappa shape index (κ1) is 18.7. The fourth-order valence-corrected chi connectivity index (χ4v) is 3.38. The Kier molecular flexibility index (Phi) is 7.92. The van der Waals surface area contributed by atoms with E-state index in [-0.39, 0.29) is 17.3 Å². The van der Waals surface area contributed by atoms with Gasteiger partial charge >= 0.3 is 0 Å². The van der Waals surface area contributed by atoms with Crippen molar-refractivity contribution in [3.05, 3.63) is 22.7 Å². The molecule has 0 saturated heterocycles. The first-order valence-corrected chi connectivity index (χ1v) is 7.77. The predicted molar refractivity (Wildman–Crippen MR) is 84.8 cm³/mol. The van der Waals surface area contributed by atoms with Crippen LogP contribution >= 0.6 is 28.3 Å². The van der Waals surface area contributed by atoms with Gasteiger partial charge in [0.1, 0.15) is 0 Å². The number of nitrogens with one attached hydrogen (secondary N) is 2. The van der Waals surface area contributed by atoms with Gasteiger partial charge in [-0.2, -0.15) is 0 Å². The molecule has 0 aliphatic heterocycles. The summed E-state index contributed by atoms with van der Waals surface area (Å²) < 4.78 is 27.3. The van der Waals surface area contributed by atoms with Crippen LogP contribution in [0.5, 0.6) is 0 Å². The van der Waals surface area contributed by atoms with Crippen LogP contribution in [0, 0.1) is 0 Å². The Balaban J connectivity index is 0.00000324. The topological polar surface area (TPSA) is 61.4 Å². The van der Waals surface area contributed by atoms with E-state index in [9.17, 15) is 8.42 Å². The first-order valence-electron chi connectivity index (χ1n) is 5.49. The Bertz CT molecular complexity index is 509. The third kappa shape index (κ3) is 5.27. The highest BCUT2D eigenvalue weighted by Crippen LogP contribution is 2.26. The minimum atomic E-state index is -3.48. The molecule has 110 valence electrons. The second-order valence-corrected chi connectivity index (χ2v) is 6.60. The Morgan fingerprint density at radius 3 is 2.42 bits per heavy atom.